The number of benzene rings is 1. The zero-order valence-corrected chi connectivity index (χ0v) is 12.7. The second-order valence-corrected chi connectivity index (χ2v) is 5.89. The maximum absolute atomic E-state index is 5.90. The first kappa shape index (κ1) is 14.4. The highest BCUT2D eigenvalue weighted by molar-refractivity contribution is 5.19. The quantitative estimate of drug-likeness (QED) is 0.838. The van der Waals surface area contributed by atoms with Crippen LogP contribution in [-0.2, 0) is 11.3 Å². The summed E-state index contributed by atoms with van der Waals surface area (Å²) < 4.78 is 11.4. The van der Waals surface area contributed by atoms with E-state index < -0.39 is 0 Å². The van der Waals surface area contributed by atoms with E-state index >= 15 is 0 Å². The van der Waals surface area contributed by atoms with Gasteiger partial charge in [0.1, 0.15) is 11.5 Å². The molecule has 0 radical (unpaired) electrons. The molecule has 1 aromatic heterocycles. The number of ether oxygens (including phenoxy) is 1. The lowest BCUT2D eigenvalue weighted by Gasteiger charge is -2.16. The minimum absolute atomic E-state index is 0.0732. The highest BCUT2D eigenvalue weighted by atomic mass is 16.5. The van der Waals surface area contributed by atoms with Crippen molar-refractivity contribution < 1.29 is 9.15 Å². The van der Waals surface area contributed by atoms with Crippen LogP contribution in [0.5, 0.6) is 0 Å². The molecule has 1 aliphatic rings. The van der Waals surface area contributed by atoms with Crippen LogP contribution in [0.1, 0.15) is 42.5 Å². The van der Waals surface area contributed by atoms with Gasteiger partial charge >= 0.3 is 0 Å². The lowest BCUT2D eigenvalue weighted by molar-refractivity contribution is 0.101. The van der Waals surface area contributed by atoms with E-state index in [-0.39, 0.29) is 6.10 Å². The predicted octanol–water partition coefficient (Wildman–Crippen LogP) is 3.88. The molecule has 1 saturated carbocycles. The average Bonchev–Trinajstić information content (AvgIpc) is 3.07. The van der Waals surface area contributed by atoms with Crippen LogP contribution in [0.2, 0.25) is 0 Å². The van der Waals surface area contributed by atoms with Crippen molar-refractivity contribution in [3.8, 4) is 0 Å². The van der Waals surface area contributed by atoms with Gasteiger partial charge in [-0.25, -0.2) is 0 Å². The van der Waals surface area contributed by atoms with E-state index in [4.69, 9.17) is 9.15 Å². The summed E-state index contributed by atoms with van der Waals surface area (Å²) in [5.41, 5.74) is 1.19. The van der Waals surface area contributed by atoms with Crippen LogP contribution in [0.3, 0.4) is 0 Å². The van der Waals surface area contributed by atoms with E-state index in [1.807, 2.05) is 18.2 Å². The van der Waals surface area contributed by atoms with Crippen LogP contribution in [0.4, 0.5) is 0 Å². The van der Waals surface area contributed by atoms with E-state index in [9.17, 15) is 0 Å². The van der Waals surface area contributed by atoms with Gasteiger partial charge in [-0.1, -0.05) is 37.3 Å². The molecule has 1 fully saturated rings. The van der Waals surface area contributed by atoms with Gasteiger partial charge in [-0.05, 0) is 30.0 Å². The van der Waals surface area contributed by atoms with Gasteiger partial charge in [-0.3, -0.25) is 0 Å². The number of furan rings is 1. The Morgan fingerprint density at radius 2 is 2.00 bits per heavy atom. The molecule has 1 aromatic carbocycles. The Bertz CT molecular complexity index is 564. The number of hydrogen-bond acceptors (Lipinski definition) is 3. The molecule has 0 aliphatic heterocycles. The van der Waals surface area contributed by atoms with Gasteiger partial charge in [0.25, 0.3) is 0 Å². The van der Waals surface area contributed by atoms with Crippen LogP contribution in [0.15, 0.2) is 46.9 Å². The van der Waals surface area contributed by atoms with Crippen LogP contribution in [0, 0.1) is 5.92 Å². The Balaban J connectivity index is 1.50. The first-order valence-electron chi connectivity index (χ1n) is 7.65. The molecule has 0 bridgehead atoms. The van der Waals surface area contributed by atoms with Crippen LogP contribution >= 0.6 is 0 Å². The van der Waals surface area contributed by atoms with Gasteiger partial charge in [0.05, 0.1) is 12.6 Å². The number of nitrogens with one attached hydrogen (secondary N) is 1. The number of hydrogen-bond donors (Lipinski definition) is 1. The normalized spacial score (nSPS) is 22.2. The minimum atomic E-state index is 0.0732. The summed E-state index contributed by atoms with van der Waals surface area (Å²) in [6, 6.07) is 14.5. The topological polar surface area (TPSA) is 34.4 Å². The van der Waals surface area contributed by atoms with Gasteiger partial charge in [-0.2, -0.15) is 0 Å². The third-order valence-corrected chi connectivity index (χ3v) is 4.24. The third-order valence-electron chi connectivity index (χ3n) is 4.24. The van der Waals surface area contributed by atoms with Gasteiger partial charge in [-0.15, -0.1) is 0 Å². The van der Waals surface area contributed by atoms with E-state index in [0.717, 1.165) is 30.5 Å². The lowest BCUT2D eigenvalue weighted by atomic mass is 10.1. The molecule has 3 atom stereocenters. The first-order chi connectivity index (χ1) is 10.3. The summed E-state index contributed by atoms with van der Waals surface area (Å²) in [4.78, 5) is 0. The van der Waals surface area contributed by atoms with Gasteiger partial charge in [0.2, 0.25) is 0 Å². The van der Waals surface area contributed by atoms with E-state index in [0.29, 0.717) is 5.92 Å². The van der Waals surface area contributed by atoms with Gasteiger partial charge in [0.15, 0.2) is 0 Å². The second kappa shape index (κ2) is 6.46. The van der Waals surface area contributed by atoms with Gasteiger partial charge in [0, 0.05) is 19.6 Å². The van der Waals surface area contributed by atoms with Crippen LogP contribution in [-0.4, -0.2) is 13.7 Å². The average molecular weight is 285 g/mol. The first-order valence-corrected chi connectivity index (χ1v) is 7.65. The maximum atomic E-state index is 5.90. The Kier molecular flexibility index (Phi) is 4.42. The van der Waals surface area contributed by atoms with E-state index in [1.165, 1.54) is 12.0 Å². The molecule has 3 unspecified atom stereocenters. The fourth-order valence-corrected chi connectivity index (χ4v) is 2.74. The third kappa shape index (κ3) is 3.55. The molecule has 1 N–H and O–H groups in total. The summed E-state index contributed by atoms with van der Waals surface area (Å²) in [5.74, 6) is 3.58. The Morgan fingerprint density at radius 3 is 2.67 bits per heavy atom. The number of rotatable bonds is 7. The predicted molar refractivity (Wildman–Crippen MR) is 83.1 cm³/mol. The van der Waals surface area contributed by atoms with Crippen molar-refractivity contribution in [1.82, 2.24) is 5.32 Å². The zero-order chi connectivity index (χ0) is 14.7. The lowest BCUT2D eigenvalue weighted by Crippen LogP contribution is -2.22. The number of methoxy groups -OCH3 is 1. The molecule has 1 heterocycles. The van der Waals surface area contributed by atoms with Crippen molar-refractivity contribution >= 4 is 0 Å². The summed E-state index contributed by atoms with van der Waals surface area (Å²) in [6.45, 7) is 3.79. The van der Waals surface area contributed by atoms with Crippen molar-refractivity contribution in [2.45, 2.75) is 31.9 Å². The Morgan fingerprint density at radius 1 is 1.24 bits per heavy atom. The van der Waals surface area contributed by atoms with Crippen LogP contribution in [0.25, 0.3) is 0 Å². The molecule has 1 aliphatic carbocycles. The summed E-state index contributed by atoms with van der Waals surface area (Å²) in [7, 11) is 1.75. The largest absolute Gasteiger partial charge is 0.464 e. The smallest absolute Gasteiger partial charge is 0.117 e. The van der Waals surface area contributed by atoms with Crippen molar-refractivity contribution in [1.29, 1.82) is 0 Å². The highest BCUT2D eigenvalue weighted by Gasteiger charge is 2.36. The molecular weight excluding hydrogens is 262 g/mol. The minimum Gasteiger partial charge on any atom is -0.464 e. The molecule has 0 spiro atoms. The van der Waals surface area contributed by atoms with E-state index in [1.54, 1.807) is 7.11 Å². The van der Waals surface area contributed by atoms with E-state index in [2.05, 4.69) is 36.5 Å². The Labute approximate surface area is 126 Å². The fourth-order valence-electron chi connectivity index (χ4n) is 2.74. The van der Waals surface area contributed by atoms with Crippen molar-refractivity contribution in [3.05, 3.63) is 59.5 Å². The van der Waals surface area contributed by atoms with Crippen molar-refractivity contribution in [2.75, 3.05) is 13.7 Å². The molecule has 3 nitrogen and oxygen atoms in total. The highest BCUT2D eigenvalue weighted by Crippen LogP contribution is 2.47. The van der Waals surface area contributed by atoms with Crippen molar-refractivity contribution in [3.63, 3.8) is 0 Å². The molecule has 3 rings (SSSR count). The van der Waals surface area contributed by atoms with Crippen molar-refractivity contribution in [2.24, 2.45) is 5.92 Å². The molecule has 3 heteroatoms. The summed E-state index contributed by atoms with van der Waals surface area (Å²) >= 11 is 0. The standard InChI is InChI=1S/C18H23NO2/c1-13-10-16(13)17-9-8-15(21-17)11-19-12-18(20-2)14-6-4-3-5-7-14/h3-9,13,16,18-19H,10-12H2,1-2H3. The maximum Gasteiger partial charge on any atom is 0.117 e. The SMILES string of the molecule is COC(CNCc1ccc(C2CC2C)o1)c1ccccc1. The molecule has 21 heavy (non-hydrogen) atoms. The molecule has 0 amide bonds. The molecule has 2 aromatic rings. The Hall–Kier alpha value is -1.58. The van der Waals surface area contributed by atoms with Gasteiger partial charge < -0.3 is 14.5 Å². The van der Waals surface area contributed by atoms with Crippen LogP contribution < -0.4 is 5.32 Å². The monoisotopic (exact) mass is 285 g/mol. The molecular formula is C18H23NO2. The summed E-state index contributed by atoms with van der Waals surface area (Å²) in [5, 5.41) is 3.42. The zero-order valence-electron chi connectivity index (χ0n) is 12.7. The fraction of sp³-hybridized carbons (Fsp3) is 0.444. The molecule has 0 saturated heterocycles. The molecule has 112 valence electrons. The summed E-state index contributed by atoms with van der Waals surface area (Å²) in [6.07, 6.45) is 1.34. The second-order valence-electron chi connectivity index (χ2n) is 5.89.